The lowest BCUT2D eigenvalue weighted by Crippen LogP contribution is -2.33. The topological polar surface area (TPSA) is 30.5 Å². The van der Waals surface area contributed by atoms with Gasteiger partial charge in [-0.3, -0.25) is 0 Å². The minimum absolute atomic E-state index is 0.286. The molecule has 0 radical (unpaired) electrons. The average molecular weight is 223 g/mol. The zero-order valence-corrected chi connectivity index (χ0v) is 8.88. The Labute approximate surface area is 89.1 Å². The SMILES string of the molecule is FC(F)COCCNCC1CCCCO1. The Bertz CT molecular complexity index is 152. The second-order valence-corrected chi connectivity index (χ2v) is 3.66. The molecule has 0 spiro atoms. The van der Waals surface area contributed by atoms with Gasteiger partial charge in [0, 0.05) is 19.7 Å². The molecule has 0 saturated carbocycles. The van der Waals surface area contributed by atoms with E-state index in [1.54, 1.807) is 0 Å². The van der Waals surface area contributed by atoms with Gasteiger partial charge in [0.1, 0.15) is 6.61 Å². The molecule has 5 heteroatoms. The van der Waals surface area contributed by atoms with Gasteiger partial charge in [-0.05, 0) is 19.3 Å². The fourth-order valence-corrected chi connectivity index (χ4v) is 1.55. The summed E-state index contributed by atoms with van der Waals surface area (Å²) < 4.78 is 33.6. The number of rotatable bonds is 7. The number of hydrogen-bond acceptors (Lipinski definition) is 3. The molecule has 0 aromatic carbocycles. The van der Waals surface area contributed by atoms with Crippen LogP contribution in [0.3, 0.4) is 0 Å². The Kier molecular flexibility index (Phi) is 6.80. The van der Waals surface area contributed by atoms with Crippen molar-refractivity contribution in [1.82, 2.24) is 5.32 Å². The summed E-state index contributed by atoms with van der Waals surface area (Å²) >= 11 is 0. The lowest BCUT2D eigenvalue weighted by molar-refractivity contribution is 0.00797. The molecule has 0 amide bonds. The van der Waals surface area contributed by atoms with Crippen molar-refractivity contribution in [3.05, 3.63) is 0 Å². The van der Waals surface area contributed by atoms with Crippen molar-refractivity contribution in [2.45, 2.75) is 31.8 Å². The first-order valence-corrected chi connectivity index (χ1v) is 5.47. The second kappa shape index (κ2) is 7.96. The Balaban J connectivity index is 1.83. The summed E-state index contributed by atoms with van der Waals surface area (Å²) in [6.45, 7) is 2.09. The van der Waals surface area contributed by atoms with Crippen molar-refractivity contribution in [1.29, 1.82) is 0 Å². The third-order valence-corrected chi connectivity index (χ3v) is 2.31. The maximum atomic E-state index is 11.7. The van der Waals surface area contributed by atoms with Crippen LogP contribution in [0.2, 0.25) is 0 Å². The van der Waals surface area contributed by atoms with Crippen molar-refractivity contribution in [2.24, 2.45) is 0 Å². The van der Waals surface area contributed by atoms with Gasteiger partial charge in [0.05, 0.1) is 12.7 Å². The van der Waals surface area contributed by atoms with E-state index in [1.807, 2.05) is 0 Å². The molecule has 1 N–H and O–H groups in total. The third-order valence-electron chi connectivity index (χ3n) is 2.31. The highest BCUT2D eigenvalue weighted by Crippen LogP contribution is 2.11. The molecule has 0 bridgehead atoms. The Morgan fingerprint density at radius 2 is 2.27 bits per heavy atom. The molecule has 1 rings (SSSR count). The number of alkyl halides is 2. The first kappa shape index (κ1) is 12.8. The van der Waals surface area contributed by atoms with Crippen molar-refractivity contribution >= 4 is 0 Å². The van der Waals surface area contributed by atoms with Gasteiger partial charge < -0.3 is 14.8 Å². The lowest BCUT2D eigenvalue weighted by Gasteiger charge is -2.22. The fourth-order valence-electron chi connectivity index (χ4n) is 1.55. The van der Waals surface area contributed by atoms with E-state index in [0.29, 0.717) is 13.2 Å². The van der Waals surface area contributed by atoms with Gasteiger partial charge in [-0.2, -0.15) is 0 Å². The molecule has 1 atom stereocenters. The van der Waals surface area contributed by atoms with Crippen molar-refractivity contribution < 1.29 is 18.3 Å². The van der Waals surface area contributed by atoms with Gasteiger partial charge in [0.25, 0.3) is 6.43 Å². The van der Waals surface area contributed by atoms with E-state index in [1.165, 1.54) is 6.42 Å². The number of hydrogen-bond donors (Lipinski definition) is 1. The number of halogens is 2. The van der Waals surface area contributed by atoms with E-state index in [9.17, 15) is 8.78 Å². The Morgan fingerprint density at radius 3 is 2.93 bits per heavy atom. The van der Waals surface area contributed by atoms with Crippen LogP contribution in [0.25, 0.3) is 0 Å². The molecule has 1 fully saturated rings. The van der Waals surface area contributed by atoms with Gasteiger partial charge >= 0.3 is 0 Å². The predicted octanol–water partition coefficient (Wildman–Crippen LogP) is 1.43. The summed E-state index contributed by atoms with van der Waals surface area (Å²) in [5.74, 6) is 0. The largest absolute Gasteiger partial charge is 0.377 e. The van der Waals surface area contributed by atoms with Crippen LogP contribution in [0, 0.1) is 0 Å². The van der Waals surface area contributed by atoms with E-state index < -0.39 is 13.0 Å². The highest BCUT2D eigenvalue weighted by Gasteiger charge is 2.12. The van der Waals surface area contributed by atoms with Crippen LogP contribution >= 0.6 is 0 Å². The van der Waals surface area contributed by atoms with Crippen molar-refractivity contribution in [3.63, 3.8) is 0 Å². The summed E-state index contributed by atoms with van der Waals surface area (Å²) in [6, 6.07) is 0. The van der Waals surface area contributed by atoms with Crippen LogP contribution in [0.4, 0.5) is 8.78 Å². The summed E-state index contributed by atoms with van der Waals surface area (Å²) in [4.78, 5) is 0. The Morgan fingerprint density at radius 1 is 1.40 bits per heavy atom. The van der Waals surface area contributed by atoms with Crippen LogP contribution in [0.1, 0.15) is 19.3 Å². The smallest absolute Gasteiger partial charge is 0.261 e. The maximum absolute atomic E-state index is 11.7. The van der Waals surface area contributed by atoms with E-state index in [0.717, 1.165) is 26.0 Å². The van der Waals surface area contributed by atoms with Crippen LogP contribution in [-0.2, 0) is 9.47 Å². The van der Waals surface area contributed by atoms with Crippen LogP contribution < -0.4 is 5.32 Å². The van der Waals surface area contributed by atoms with Crippen LogP contribution in [-0.4, -0.2) is 45.4 Å². The highest BCUT2D eigenvalue weighted by molar-refractivity contribution is 4.65. The molecular weight excluding hydrogens is 204 g/mol. The number of ether oxygens (including phenoxy) is 2. The molecule has 1 heterocycles. The first-order valence-electron chi connectivity index (χ1n) is 5.47. The molecule has 0 aromatic heterocycles. The molecule has 1 aliphatic rings. The fraction of sp³-hybridized carbons (Fsp3) is 1.00. The molecule has 3 nitrogen and oxygen atoms in total. The van der Waals surface area contributed by atoms with Gasteiger partial charge in [0.2, 0.25) is 0 Å². The molecule has 90 valence electrons. The Hall–Kier alpha value is -0.260. The van der Waals surface area contributed by atoms with E-state index in [-0.39, 0.29) is 6.10 Å². The zero-order valence-electron chi connectivity index (χ0n) is 8.88. The van der Waals surface area contributed by atoms with Crippen LogP contribution in [0.15, 0.2) is 0 Å². The molecule has 15 heavy (non-hydrogen) atoms. The quantitative estimate of drug-likeness (QED) is 0.662. The summed E-state index contributed by atoms with van der Waals surface area (Å²) in [7, 11) is 0. The van der Waals surface area contributed by atoms with Crippen molar-refractivity contribution in [3.8, 4) is 0 Å². The average Bonchev–Trinajstić information content (AvgIpc) is 2.24. The third kappa shape index (κ3) is 6.76. The van der Waals surface area contributed by atoms with Gasteiger partial charge in [-0.15, -0.1) is 0 Å². The monoisotopic (exact) mass is 223 g/mol. The van der Waals surface area contributed by atoms with Crippen molar-refractivity contribution in [2.75, 3.05) is 32.9 Å². The summed E-state index contributed by atoms with van der Waals surface area (Å²) in [5.41, 5.74) is 0. The minimum atomic E-state index is -2.37. The van der Waals surface area contributed by atoms with E-state index >= 15 is 0 Å². The highest BCUT2D eigenvalue weighted by atomic mass is 19.3. The predicted molar refractivity (Wildman–Crippen MR) is 53.3 cm³/mol. The van der Waals surface area contributed by atoms with E-state index in [4.69, 9.17) is 9.47 Å². The first-order chi connectivity index (χ1) is 7.29. The van der Waals surface area contributed by atoms with Gasteiger partial charge in [0.15, 0.2) is 0 Å². The normalized spacial score (nSPS) is 22.2. The maximum Gasteiger partial charge on any atom is 0.261 e. The molecule has 0 aromatic rings. The second-order valence-electron chi connectivity index (χ2n) is 3.66. The van der Waals surface area contributed by atoms with E-state index in [2.05, 4.69) is 5.32 Å². The standard InChI is InChI=1S/C10H19F2NO2/c11-10(12)8-14-6-4-13-7-9-3-1-2-5-15-9/h9-10,13H,1-8H2. The molecular formula is C10H19F2NO2. The molecule has 1 aliphatic heterocycles. The van der Waals surface area contributed by atoms with Crippen LogP contribution in [0.5, 0.6) is 0 Å². The van der Waals surface area contributed by atoms with Gasteiger partial charge in [-0.25, -0.2) is 8.78 Å². The van der Waals surface area contributed by atoms with Gasteiger partial charge in [-0.1, -0.05) is 0 Å². The summed E-state index contributed by atoms with van der Waals surface area (Å²) in [5, 5.41) is 3.13. The lowest BCUT2D eigenvalue weighted by atomic mass is 10.1. The molecule has 0 aliphatic carbocycles. The summed E-state index contributed by atoms with van der Waals surface area (Å²) in [6.07, 6.45) is 1.37. The molecule has 1 saturated heterocycles. The number of nitrogens with one attached hydrogen (secondary N) is 1. The zero-order chi connectivity index (χ0) is 10.9. The molecule has 1 unspecified atom stereocenters. The minimum Gasteiger partial charge on any atom is -0.377 e.